The molecule has 31 heavy (non-hydrogen) atoms. The lowest BCUT2D eigenvalue weighted by molar-refractivity contribution is 0.413. The van der Waals surface area contributed by atoms with Crippen molar-refractivity contribution in [2.24, 2.45) is 0 Å². The second kappa shape index (κ2) is 8.07. The minimum absolute atomic E-state index is 0.282. The van der Waals surface area contributed by atoms with Gasteiger partial charge in [0.25, 0.3) is 10.0 Å². The van der Waals surface area contributed by atoms with E-state index in [0.29, 0.717) is 11.3 Å². The first-order valence-electron chi connectivity index (χ1n) is 8.73. The van der Waals surface area contributed by atoms with Crippen LogP contribution in [0, 0.1) is 11.6 Å². The average Bonchev–Trinajstić information content (AvgIpc) is 3.26. The van der Waals surface area contributed by atoms with Crippen LogP contribution in [0.2, 0.25) is 0 Å². The van der Waals surface area contributed by atoms with Gasteiger partial charge in [-0.15, -0.1) is 5.10 Å². The van der Waals surface area contributed by atoms with Crippen LogP contribution in [0.25, 0.3) is 16.9 Å². The molecule has 0 saturated carbocycles. The van der Waals surface area contributed by atoms with Crippen LogP contribution in [0.5, 0.6) is 5.75 Å². The summed E-state index contributed by atoms with van der Waals surface area (Å²) in [6.45, 7) is 0. The summed E-state index contributed by atoms with van der Waals surface area (Å²) in [5.41, 5.74) is -0.277. The fourth-order valence-electron chi connectivity index (χ4n) is 2.71. The molecule has 0 amide bonds. The zero-order chi connectivity index (χ0) is 22.0. The van der Waals surface area contributed by atoms with Gasteiger partial charge >= 0.3 is 0 Å². The Labute approximate surface area is 175 Å². The molecule has 0 aliphatic rings. The maximum atomic E-state index is 15.1. The number of nitrogens with one attached hydrogen (secondary N) is 1. The smallest absolute Gasteiger partial charge is 0.279 e. The minimum atomic E-state index is -4.18. The molecule has 158 valence electrons. The SMILES string of the molecule is COc1cncc(-c2cn(-c3c(F)ccc(NS(=O)(=O)c4ccccn4)c3F)nn2)c1. The number of benzene rings is 1. The number of halogens is 2. The van der Waals surface area contributed by atoms with Gasteiger partial charge in [0, 0.05) is 18.0 Å². The molecule has 3 heterocycles. The first-order valence-corrected chi connectivity index (χ1v) is 10.2. The van der Waals surface area contributed by atoms with E-state index >= 15 is 4.39 Å². The summed E-state index contributed by atoms with van der Waals surface area (Å²) in [6, 6.07) is 7.78. The van der Waals surface area contributed by atoms with Gasteiger partial charge in [-0.1, -0.05) is 11.3 Å². The van der Waals surface area contributed by atoms with E-state index in [4.69, 9.17) is 4.74 Å². The predicted octanol–water partition coefficient (Wildman–Crippen LogP) is 2.81. The summed E-state index contributed by atoms with van der Waals surface area (Å²) in [7, 11) is -2.71. The van der Waals surface area contributed by atoms with E-state index < -0.39 is 33.0 Å². The van der Waals surface area contributed by atoms with E-state index in [1.54, 1.807) is 6.07 Å². The van der Waals surface area contributed by atoms with Crippen molar-refractivity contribution in [1.82, 2.24) is 25.0 Å². The van der Waals surface area contributed by atoms with E-state index in [0.717, 1.165) is 16.8 Å². The molecule has 1 aromatic carbocycles. The van der Waals surface area contributed by atoms with Gasteiger partial charge in [-0.3, -0.25) is 9.71 Å². The van der Waals surface area contributed by atoms with Crippen LogP contribution in [-0.4, -0.2) is 40.5 Å². The Hall–Kier alpha value is -3.93. The Morgan fingerprint density at radius 1 is 1.13 bits per heavy atom. The van der Waals surface area contributed by atoms with Crippen molar-refractivity contribution < 1.29 is 21.9 Å². The molecule has 0 bridgehead atoms. The summed E-state index contributed by atoms with van der Waals surface area (Å²) in [6.07, 6.45) is 5.55. The van der Waals surface area contributed by atoms with Gasteiger partial charge in [-0.25, -0.2) is 18.4 Å². The zero-order valence-electron chi connectivity index (χ0n) is 15.9. The number of sulfonamides is 1. The number of ether oxygens (including phenoxy) is 1. The van der Waals surface area contributed by atoms with Gasteiger partial charge in [0.2, 0.25) is 0 Å². The van der Waals surface area contributed by atoms with Crippen LogP contribution >= 0.6 is 0 Å². The van der Waals surface area contributed by atoms with Crippen molar-refractivity contribution in [2.45, 2.75) is 5.03 Å². The normalized spacial score (nSPS) is 11.3. The van der Waals surface area contributed by atoms with Crippen LogP contribution in [0.3, 0.4) is 0 Å². The number of anilines is 1. The van der Waals surface area contributed by atoms with E-state index in [9.17, 15) is 12.8 Å². The zero-order valence-corrected chi connectivity index (χ0v) is 16.7. The number of nitrogens with zero attached hydrogens (tertiary/aromatic N) is 5. The molecule has 0 unspecified atom stereocenters. The Bertz CT molecular complexity index is 1350. The highest BCUT2D eigenvalue weighted by atomic mass is 32.2. The summed E-state index contributed by atoms with van der Waals surface area (Å²) >= 11 is 0. The molecule has 0 aliphatic heterocycles. The molecular weight excluding hydrogens is 430 g/mol. The predicted molar refractivity (Wildman–Crippen MR) is 106 cm³/mol. The van der Waals surface area contributed by atoms with Gasteiger partial charge in [0.05, 0.1) is 25.2 Å². The van der Waals surface area contributed by atoms with Crippen LogP contribution in [-0.2, 0) is 10.0 Å². The Kier molecular flexibility index (Phi) is 5.29. The Balaban J connectivity index is 1.71. The number of hydrogen-bond acceptors (Lipinski definition) is 7. The molecule has 0 atom stereocenters. The van der Waals surface area contributed by atoms with Crippen LogP contribution < -0.4 is 9.46 Å². The fourth-order valence-corrected chi connectivity index (χ4v) is 3.72. The standard InChI is InChI=1S/C19H14F2N6O3S/c1-30-13-8-12(9-22-10-13)16-11-27(26-24-16)19-14(20)5-6-15(18(19)21)25-31(28,29)17-4-2-3-7-23-17/h2-11,25H,1H3. The van der Waals surface area contributed by atoms with Crippen LogP contribution in [0.15, 0.2) is 66.2 Å². The third-order valence-electron chi connectivity index (χ3n) is 4.19. The Morgan fingerprint density at radius 2 is 1.97 bits per heavy atom. The maximum absolute atomic E-state index is 15.1. The van der Waals surface area contributed by atoms with Crippen molar-refractivity contribution in [3.05, 3.63) is 72.8 Å². The molecule has 0 spiro atoms. The van der Waals surface area contributed by atoms with Crippen molar-refractivity contribution in [3.63, 3.8) is 0 Å². The van der Waals surface area contributed by atoms with Gasteiger partial charge in [-0.2, -0.15) is 8.42 Å². The van der Waals surface area contributed by atoms with Crippen molar-refractivity contribution in [1.29, 1.82) is 0 Å². The highest BCUT2D eigenvalue weighted by Crippen LogP contribution is 2.27. The molecular formula is C19H14F2N6O3S. The average molecular weight is 444 g/mol. The molecule has 1 N–H and O–H groups in total. The number of pyridine rings is 2. The summed E-state index contributed by atoms with van der Waals surface area (Å²) in [5.74, 6) is -1.66. The molecule has 12 heteroatoms. The van der Waals surface area contributed by atoms with Crippen molar-refractivity contribution >= 4 is 15.7 Å². The first kappa shape index (κ1) is 20.3. The number of hydrogen-bond donors (Lipinski definition) is 1. The van der Waals surface area contributed by atoms with Crippen LogP contribution in [0.4, 0.5) is 14.5 Å². The molecule has 9 nitrogen and oxygen atoms in total. The van der Waals surface area contributed by atoms with Crippen molar-refractivity contribution in [3.8, 4) is 22.7 Å². The van der Waals surface area contributed by atoms with Gasteiger partial charge in [0.15, 0.2) is 16.7 Å². The number of aromatic nitrogens is 5. The molecule has 0 saturated heterocycles. The molecule has 4 rings (SSSR count). The van der Waals surface area contributed by atoms with E-state index in [-0.39, 0.29) is 10.7 Å². The topological polar surface area (TPSA) is 112 Å². The third-order valence-corrected chi connectivity index (χ3v) is 5.47. The lowest BCUT2D eigenvalue weighted by Gasteiger charge is -2.11. The molecule has 0 fully saturated rings. The van der Waals surface area contributed by atoms with E-state index in [2.05, 4.69) is 25.0 Å². The molecule has 3 aromatic heterocycles. The lowest BCUT2D eigenvalue weighted by Crippen LogP contribution is -2.16. The highest BCUT2D eigenvalue weighted by Gasteiger charge is 2.22. The second-order valence-corrected chi connectivity index (χ2v) is 7.82. The van der Waals surface area contributed by atoms with Crippen LogP contribution in [0.1, 0.15) is 0 Å². The second-order valence-electron chi connectivity index (χ2n) is 6.19. The van der Waals surface area contributed by atoms with Gasteiger partial charge < -0.3 is 4.74 Å². The third kappa shape index (κ3) is 4.05. The lowest BCUT2D eigenvalue weighted by atomic mass is 10.2. The fraction of sp³-hybridized carbons (Fsp3) is 0.0526. The summed E-state index contributed by atoms with van der Waals surface area (Å²) in [5, 5.41) is 7.36. The first-order chi connectivity index (χ1) is 14.9. The maximum Gasteiger partial charge on any atom is 0.279 e. The monoisotopic (exact) mass is 444 g/mol. The summed E-state index contributed by atoms with van der Waals surface area (Å²) < 4.78 is 62.5. The minimum Gasteiger partial charge on any atom is -0.495 e. The number of methoxy groups -OCH3 is 1. The Morgan fingerprint density at radius 3 is 2.71 bits per heavy atom. The quantitative estimate of drug-likeness (QED) is 0.487. The van der Waals surface area contributed by atoms with Crippen molar-refractivity contribution in [2.75, 3.05) is 11.8 Å². The number of rotatable bonds is 6. The highest BCUT2D eigenvalue weighted by molar-refractivity contribution is 7.92. The largest absolute Gasteiger partial charge is 0.495 e. The molecule has 0 aliphatic carbocycles. The van der Waals surface area contributed by atoms with Gasteiger partial charge in [-0.05, 0) is 30.3 Å². The molecule has 0 radical (unpaired) electrons. The van der Waals surface area contributed by atoms with E-state index in [1.807, 2.05) is 0 Å². The molecule has 4 aromatic rings. The van der Waals surface area contributed by atoms with Gasteiger partial charge in [0.1, 0.15) is 17.1 Å². The summed E-state index contributed by atoms with van der Waals surface area (Å²) in [4.78, 5) is 7.73. The van der Waals surface area contributed by atoms with E-state index in [1.165, 1.54) is 50.1 Å².